The molecule has 1 aromatic rings. The number of ether oxygens (including phenoxy) is 3. The van der Waals surface area contributed by atoms with Crippen molar-refractivity contribution in [2.45, 2.75) is 51.6 Å². The molecule has 3 fully saturated rings. The minimum atomic E-state index is -0.984. The summed E-state index contributed by atoms with van der Waals surface area (Å²) in [7, 11) is 0. The fourth-order valence-corrected chi connectivity index (χ4v) is 9.05. The Morgan fingerprint density at radius 3 is 2.70 bits per heavy atom. The number of amides is 1. The maximum atomic E-state index is 12.6. The molecule has 240 valence electrons. The molecule has 4 heterocycles. The van der Waals surface area contributed by atoms with Crippen LogP contribution in [0.3, 0.4) is 0 Å². The summed E-state index contributed by atoms with van der Waals surface area (Å²) in [5.41, 5.74) is 8.93. The van der Waals surface area contributed by atoms with Crippen LogP contribution in [0.2, 0.25) is 0 Å². The first-order valence-electron chi connectivity index (χ1n) is 16.6. The smallest absolute Gasteiger partial charge is 0.361 e. The SMILES string of the molecule is O=C(O)C1=NCC2=C(S1)C1=C(C3CCCCC3)C3=CC=C(OCc4cc(N5CCCC5=O)ccc4N4CCOCC4)C3C1=COC2. The molecular weight excluding hydrogens is 602 g/mol. The van der Waals surface area contributed by atoms with Crippen LogP contribution >= 0.6 is 11.8 Å². The molecule has 0 bridgehead atoms. The third-order valence-electron chi connectivity index (χ3n) is 10.2. The average molecular weight is 642 g/mol. The molecule has 0 aromatic heterocycles. The maximum absolute atomic E-state index is 12.6. The van der Waals surface area contributed by atoms with Crippen molar-refractivity contribution >= 4 is 40.1 Å². The summed E-state index contributed by atoms with van der Waals surface area (Å²) < 4.78 is 18.6. The molecule has 1 N–H and O–H groups in total. The van der Waals surface area contributed by atoms with Crippen molar-refractivity contribution in [3.63, 3.8) is 0 Å². The van der Waals surface area contributed by atoms with Crippen LogP contribution in [0.25, 0.3) is 0 Å². The highest BCUT2D eigenvalue weighted by atomic mass is 32.2. The van der Waals surface area contributed by atoms with Gasteiger partial charge in [0, 0.05) is 59.0 Å². The van der Waals surface area contributed by atoms with Crippen LogP contribution in [0.15, 0.2) is 80.1 Å². The van der Waals surface area contributed by atoms with Crippen molar-refractivity contribution < 1.29 is 28.9 Å². The monoisotopic (exact) mass is 641 g/mol. The number of anilines is 2. The van der Waals surface area contributed by atoms with Crippen molar-refractivity contribution in [1.29, 1.82) is 0 Å². The quantitative estimate of drug-likeness (QED) is 0.393. The molecular formula is C36H39N3O6S. The Morgan fingerprint density at radius 2 is 1.91 bits per heavy atom. The molecule has 1 aromatic carbocycles. The molecule has 8 rings (SSSR count). The maximum Gasteiger partial charge on any atom is 0.361 e. The number of morpholine rings is 1. The number of hydrogen-bond acceptors (Lipinski definition) is 8. The number of aliphatic imine (C=N–C) groups is 1. The van der Waals surface area contributed by atoms with Crippen LogP contribution in [0.4, 0.5) is 11.4 Å². The summed E-state index contributed by atoms with van der Waals surface area (Å²) in [5, 5.41) is 9.99. The van der Waals surface area contributed by atoms with Gasteiger partial charge in [0.25, 0.3) is 0 Å². The fraction of sp³-hybridized carbons (Fsp3) is 0.472. The number of carbonyl (C=O) groups excluding carboxylic acids is 1. The first kappa shape index (κ1) is 29.6. The van der Waals surface area contributed by atoms with E-state index in [2.05, 4.69) is 40.2 Å². The number of fused-ring (bicyclic) bond motifs is 4. The van der Waals surface area contributed by atoms with Crippen molar-refractivity contribution in [3.8, 4) is 0 Å². The van der Waals surface area contributed by atoms with Gasteiger partial charge in [-0.15, -0.1) is 0 Å². The highest BCUT2D eigenvalue weighted by Crippen LogP contribution is 2.57. The van der Waals surface area contributed by atoms with E-state index in [1.165, 1.54) is 42.2 Å². The number of hydrogen-bond donors (Lipinski definition) is 1. The predicted molar refractivity (Wildman–Crippen MR) is 178 cm³/mol. The van der Waals surface area contributed by atoms with Gasteiger partial charge < -0.3 is 29.1 Å². The Labute approximate surface area is 273 Å². The van der Waals surface area contributed by atoms with E-state index < -0.39 is 5.97 Å². The van der Waals surface area contributed by atoms with E-state index in [0.717, 1.165) is 83.2 Å². The zero-order valence-electron chi connectivity index (χ0n) is 26.0. The molecule has 1 saturated carbocycles. The van der Waals surface area contributed by atoms with E-state index in [1.807, 2.05) is 11.2 Å². The van der Waals surface area contributed by atoms with Gasteiger partial charge in [0.2, 0.25) is 5.91 Å². The predicted octanol–water partition coefficient (Wildman–Crippen LogP) is 5.90. The van der Waals surface area contributed by atoms with E-state index in [-0.39, 0.29) is 16.9 Å². The number of nitrogens with zero attached hydrogens (tertiary/aromatic N) is 3. The number of thioether (sulfide) groups is 1. The van der Waals surface area contributed by atoms with E-state index in [4.69, 9.17) is 14.2 Å². The third kappa shape index (κ3) is 5.29. The highest BCUT2D eigenvalue weighted by Gasteiger charge is 2.45. The Hall–Kier alpha value is -3.76. The number of rotatable bonds is 7. The van der Waals surface area contributed by atoms with E-state index in [1.54, 1.807) is 0 Å². The van der Waals surface area contributed by atoms with Crippen LogP contribution in [0.1, 0.15) is 50.5 Å². The number of aliphatic carboxylic acids is 1. The molecule has 3 aliphatic carbocycles. The summed E-state index contributed by atoms with van der Waals surface area (Å²) in [5.74, 6) is 0.381. The molecule has 7 aliphatic rings. The van der Waals surface area contributed by atoms with Crippen molar-refractivity contribution in [2.75, 3.05) is 55.8 Å². The van der Waals surface area contributed by atoms with Gasteiger partial charge in [0.05, 0.1) is 31.9 Å². The molecule has 4 aliphatic heterocycles. The van der Waals surface area contributed by atoms with Crippen LogP contribution in [0.5, 0.6) is 0 Å². The number of carboxylic acids is 1. The van der Waals surface area contributed by atoms with Gasteiger partial charge >= 0.3 is 5.97 Å². The second-order valence-corrected chi connectivity index (χ2v) is 13.9. The molecule has 0 radical (unpaired) electrons. The molecule has 1 amide bonds. The summed E-state index contributed by atoms with van der Waals surface area (Å²) in [6.45, 7) is 4.85. The number of carboxylic acid groups (broad SMARTS) is 1. The minimum absolute atomic E-state index is 0.0956. The fourth-order valence-electron chi connectivity index (χ4n) is 8.04. The van der Waals surface area contributed by atoms with Gasteiger partial charge in [-0.2, -0.15) is 0 Å². The first-order valence-corrected chi connectivity index (χ1v) is 17.4. The van der Waals surface area contributed by atoms with Crippen LogP contribution in [-0.4, -0.2) is 68.0 Å². The number of carbonyl (C=O) groups is 2. The van der Waals surface area contributed by atoms with Crippen molar-refractivity contribution in [3.05, 3.63) is 80.7 Å². The molecule has 9 nitrogen and oxygen atoms in total. The Balaban J connectivity index is 1.11. The molecule has 1 unspecified atom stereocenters. The number of benzene rings is 1. The van der Waals surface area contributed by atoms with Gasteiger partial charge in [0.15, 0.2) is 5.04 Å². The van der Waals surface area contributed by atoms with Crippen LogP contribution in [-0.2, 0) is 30.4 Å². The van der Waals surface area contributed by atoms with Gasteiger partial charge in [-0.1, -0.05) is 37.1 Å². The zero-order valence-corrected chi connectivity index (χ0v) is 26.8. The Kier molecular flexibility index (Phi) is 8.02. The molecule has 1 atom stereocenters. The topological polar surface area (TPSA) is 101 Å². The largest absolute Gasteiger partial charge is 0.496 e. The van der Waals surface area contributed by atoms with Crippen molar-refractivity contribution in [2.24, 2.45) is 16.8 Å². The third-order valence-corrected chi connectivity index (χ3v) is 11.4. The van der Waals surface area contributed by atoms with Crippen molar-refractivity contribution in [1.82, 2.24) is 0 Å². The van der Waals surface area contributed by atoms with E-state index >= 15 is 0 Å². The lowest BCUT2D eigenvalue weighted by Gasteiger charge is -2.31. The van der Waals surface area contributed by atoms with E-state index in [9.17, 15) is 14.7 Å². The lowest BCUT2D eigenvalue weighted by atomic mass is 9.80. The summed E-state index contributed by atoms with van der Waals surface area (Å²) >= 11 is 1.28. The molecule has 0 spiro atoms. The second-order valence-electron chi connectivity index (χ2n) is 12.9. The normalized spacial score (nSPS) is 24.9. The summed E-state index contributed by atoms with van der Waals surface area (Å²) in [4.78, 5) is 34.2. The lowest BCUT2D eigenvalue weighted by Crippen LogP contribution is -2.37. The second kappa shape index (κ2) is 12.4. The minimum Gasteiger partial charge on any atom is -0.496 e. The molecule has 10 heteroatoms. The highest BCUT2D eigenvalue weighted by molar-refractivity contribution is 8.19. The van der Waals surface area contributed by atoms with E-state index in [0.29, 0.717) is 45.3 Å². The average Bonchev–Trinajstić information content (AvgIpc) is 3.76. The van der Waals surface area contributed by atoms with Gasteiger partial charge in [-0.3, -0.25) is 9.79 Å². The Morgan fingerprint density at radius 1 is 1.07 bits per heavy atom. The summed E-state index contributed by atoms with van der Waals surface area (Å²) in [6, 6.07) is 6.32. The first-order chi connectivity index (χ1) is 22.6. The van der Waals surface area contributed by atoms with Crippen LogP contribution < -0.4 is 9.80 Å². The zero-order chi connectivity index (χ0) is 31.2. The Bertz CT molecular complexity index is 1660. The summed E-state index contributed by atoms with van der Waals surface area (Å²) in [6.07, 6.45) is 13.6. The number of allylic oxidation sites excluding steroid dienone is 5. The standard InChI is InChI=1S/C36H39N3O6S/c40-30-7-4-12-39(30)25-8-10-28(38-13-15-43-16-14-38)23(17-25)20-45-29-11-9-26-31(22-5-2-1-3-6-22)33-27(32(26)29)21-44-19-24-18-37-35(36(41)42)46-34(24)33/h8-11,17,21-22,32H,1-7,12-16,18-20H2,(H,41,42). The van der Waals surface area contributed by atoms with Crippen LogP contribution in [0, 0.1) is 11.8 Å². The van der Waals surface area contributed by atoms with Gasteiger partial charge in [-0.05, 0) is 66.2 Å². The van der Waals surface area contributed by atoms with Gasteiger partial charge in [0.1, 0.15) is 19.0 Å². The van der Waals surface area contributed by atoms with Gasteiger partial charge in [-0.25, -0.2) is 4.79 Å². The molecule has 2 saturated heterocycles. The lowest BCUT2D eigenvalue weighted by molar-refractivity contribution is -0.129. The molecule has 46 heavy (non-hydrogen) atoms.